The molecule has 0 aromatic rings. The lowest BCUT2D eigenvalue weighted by Gasteiger charge is -2.31. The van der Waals surface area contributed by atoms with E-state index in [0.717, 1.165) is 91.1 Å². The summed E-state index contributed by atoms with van der Waals surface area (Å²) in [6, 6.07) is 0. The summed E-state index contributed by atoms with van der Waals surface area (Å²) in [5, 5.41) is 4.72. The highest BCUT2D eigenvalue weighted by molar-refractivity contribution is 5.96. The maximum Gasteiger partial charge on any atom is 0.338 e. The largest absolute Gasteiger partial charge is 0.462 e. The number of hydrogen-bond donors (Lipinski definition) is 2. The predicted octanol–water partition coefficient (Wildman–Crippen LogP) is 6.26. The van der Waals surface area contributed by atoms with Gasteiger partial charge in [0.2, 0.25) is 11.8 Å². The minimum atomic E-state index is -0.799. The summed E-state index contributed by atoms with van der Waals surface area (Å²) in [5.41, 5.74) is 0.132. The third-order valence-electron chi connectivity index (χ3n) is 9.94. The van der Waals surface area contributed by atoms with Crippen molar-refractivity contribution in [1.29, 1.82) is 0 Å². The van der Waals surface area contributed by atoms with Gasteiger partial charge in [0.05, 0.1) is 6.67 Å². The summed E-state index contributed by atoms with van der Waals surface area (Å²) < 4.78 is 64.1. The third-order valence-corrected chi connectivity index (χ3v) is 9.94. The molecule has 2 N–H and O–H groups in total. The van der Waals surface area contributed by atoms with Gasteiger partial charge < -0.3 is 76.9 Å². The van der Waals surface area contributed by atoms with Crippen molar-refractivity contribution in [2.45, 2.75) is 40.5 Å². The molecule has 0 aromatic heterocycles. The lowest BCUT2D eigenvalue weighted by atomic mass is 9.80. The molecule has 0 aromatic carbocycles. The zero-order chi connectivity index (χ0) is 87.6. The van der Waals surface area contributed by atoms with Gasteiger partial charge in [0.1, 0.15) is 85.9 Å². The van der Waals surface area contributed by atoms with Crippen molar-refractivity contribution in [3.8, 4) is 0 Å². The Morgan fingerprint density at radius 1 is 0.279 bits per heavy atom. The van der Waals surface area contributed by atoms with Crippen LogP contribution >= 0.6 is 0 Å². The topological polar surface area (TPSA) is 461 Å². The number of hydrogen-bond acceptors (Lipinski definition) is 32. The second-order valence-electron chi connectivity index (χ2n) is 18.6. The van der Waals surface area contributed by atoms with Crippen LogP contribution < -0.4 is 10.6 Å². The fourth-order valence-corrected chi connectivity index (χ4v) is 4.41. The van der Waals surface area contributed by atoms with Gasteiger partial charge >= 0.3 is 89.5 Å². The Morgan fingerprint density at radius 2 is 0.477 bits per heavy atom. The predicted molar refractivity (Wildman–Crippen MR) is 405 cm³/mol. The number of nitrogens with one attached hydrogen (secondary N) is 2. The van der Waals surface area contributed by atoms with Gasteiger partial charge in [-0.25, -0.2) is 71.9 Å². The van der Waals surface area contributed by atoms with Gasteiger partial charge in [-0.05, 0) is 44.9 Å². The summed E-state index contributed by atoms with van der Waals surface area (Å²) >= 11 is 0. The van der Waals surface area contributed by atoms with E-state index < -0.39 is 95.0 Å². The fourth-order valence-electron chi connectivity index (χ4n) is 4.41. The lowest BCUT2D eigenvalue weighted by Crippen LogP contribution is -2.36. The number of carbonyl (C=O) groups excluding carboxylic acids is 18. The monoisotopic (exact) mass is 1560 g/mol. The Hall–Kier alpha value is -14.1. The number of allylic oxidation sites excluding steroid dienone is 1. The van der Waals surface area contributed by atoms with Crippen LogP contribution in [0.5, 0.6) is 0 Å². The Kier molecular flexibility index (Phi) is 84.8. The maximum atomic E-state index is 12.1. The van der Waals surface area contributed by atoms with E-state index >= 15 is 0 Å². The van der Waals surface area contributed by atoms with Crippen LogP contribution in [-0.2, 0) is 153 Å². The highest BCUT2D eigenvalue weighted by atomic mass is 16.6. The molecule has 34 heteroatoms. The van der Waals surface area contributed by atoms with Gasteiger partial charge in [-0.2, -0.15) is 0 Å². The molecule has 0 heterocycles. The Morgan fingerprint density at radius 3 is 0.631 bits per heavy atom. The van der Waals surface area contributed by atoms with E-state index in [9.17, 15) is 86.3 Å². The smallest absolute Gasteiger partial charge is 0.338 e. The molecule has 0 saturated carbocycles. The van der Waals surface area contributed by atoms with Crippen LogP contribution in [0.25, 0.3) is 0 Å². The first-order chi connectivity index (χ1) is 52.3. The second-order valence-corrected chi connectivity index (χ2v) is 18.6. The molecule has 111 heavy (non-hydrogen) atoms. The zero-order valence-electron chi connectivity index (χ0n) is 63.1. The maximum absolute atomic E-state index is 12.1. The van der Waals surface area contributed by atoms with E-state index in [1.54, 1.807) is 6.92 Å². The summed E-state index contributed by atoms with van der Waals surface area (Å²) in [6.45, 7) is 68.9. The van der Waals surface area contributed by atoms with Crippen molar-refractivity contribution in [3.05, 3.63) is 239 Å². The highest BCUT2D eigenvalue weighted by Crippen LogP contribution is 2.30. The van der Waals surface area contributed by atoms with E-state index in [4.69, 9.17) is 9.47 Å². The van der Waals surface area contributed by atoms with Crippen molar-refractivity contribution < 1.29 is 153 Å². The molecule has 0 bridgehead atoms. The van der Waals surface area contributed by atoms with Crippen LogP contribution in [0.1, 0.15) is 40.5 Å². The Balaban J connectivity index is -0.000000153. The van der Waals surface area contributed by atoms with Gasteiger partial charge in [-0.15, -0.1) is 0 Å². The van der Waals surface area contributed by atoms with Gasteiger partial charge in [-0.3, -0.25) is 14.4 Å². The minimum absolute atomic E-state index is 0.0322. The van der Waals surface area contributed by atoms with Gasteiger partial charge in [-0.1, -0.05) is 138 Å². The van der Waals surface area contributed by atoms with Crippen molar-refractivity contribution in [2.75, 3.05) is 92.6 Å². The average Bonchev–Trinajstić information content (AvgIpc) is 0.848. The first-order valence-electron chi connectivity index (χ1n) is 31.3. The quantitative estimate of drug-likeness (QED) is 0.0129. The molecular weight excluding hydrogens is 1460 g/mol. The molecule has 0 rings (SSSR count). The normalized spacial score (nSPS) is 8.65. The summed E-state index contributed by atoms with van der Waals surface area (Å²) in [4.78, 5) is 191. The molecule has 0 atom stereocenters. The molecule has 610 valence electrons. The Bertz CT molecular complexity index is 2830. The number of Topliss-reactive ketones (excluding diaryl/α,β-unsaturated/α-hetero) is 1. The summed E-state index contributed by atoms with van der Waals surface area (Å²) in [7, 11) is 0. The molecule has 0 spiro atoms. The molecule has 0 saturated heterocycles. The van der Waals surface area contributed by atoms with E-state index in [1.807, 2.05) is 6.92 Å². The van der Waals surface area contributed by atoms with Crippen molar-refractivity contribution in [1.82, 2.24) is 10.6 Å². The average molecular weight is 1570 g/mol. The van der Waals surface area contributed by atoms with Crippen LogP contribution in [0, 0.1) is 5.41 Å². The van der Waals surface area contributed by atoms with Crippen molar-refractivity contribution in [3.63, 3.8) is 0 Å². The number of rotatable bonds is 44. The molecule has 0 fully saturated rings. The number of esters is 15. The van der Waals surface area contributed by atoms with E-state index in [0.29, 0.717) is 12.0 Å². The van der Waals surface area contributed by atoms with Crippen LogP contribution in [-0.4, -0.2) is 200 Å². The minimum Gasteiger partial charge on any atom is -0.462 e. The van der Waals surface area contributed by atoms with E-state index in [-0.39, 0.29) is 128 Å². The molecule has 0 unspecified atom stereocenters. The standard InChI is InChI=1S/C18H26O5.5C8H10O4.C7H10N2O2.C6H6O3.C6H8O2/c1-8-18(9-15(19)12(2)3,10-22-16(20)13(4)5)11-23-17(21)14(6)7;5*1-3-7(9)11-5-6-12-8(10)4-2;1-3-6(10)8-5-9-7(11)4-2;1-3-5(7)9-6(8)4-2;1-3-5-8-6(7)4-2/h2,4,6,8-11H2,1,3,5,7H3;5*3-4H,1-2,5-6H2;3-4H,1-2,5H2,(H,8,10)(H,9,11);3-4H,1-2H2;3-4H,1-2,5H2. The fraction of sp³-hybridized carbons (Fsp3) is 0.273. The summed E-state index contributed by atoms with van der Waals surface area (Å²) in [6.07, 6.45) is 17.6. The zero-order valence-corrected chi connectivity index (χ0v) is 63.1. The Labute approximate surface area is 645 Å². The molecule has 0 radical (unpaired) electrons. The molecule has 0 aliphatic carbocycles. The van der Waals surface area contributed by atoms with E-state index in [1.165, 1.54) is 19.9 Å². The van der Waals surface area contributed by atoms with Gasteiger partial charge in [0.15, 0.2) is 5.78 Å². The second kappa shape index (κ2) is 81.6. The van der Waals surface area contributed by atoms with Gasteiger partial charge in [0, 0.05) is 102 Å². The highest BCUT2D eigenvalue weighted by Gasteiger charge is 2.35. The number of ether oxygens (including phenoxy) is 14. The molecule has 34 nitrogen and oxygen atoms in total. The lowest BCUT2D eigenvalue weighted by molar-refractivity contribution is -0.153. The van der Waals surface area contributed by atoms with Crippen LogP contribution in [0.15, 0.2) is 239 Å². The molecule has 0 aliphatic rings. The number of carbonyl (C=O) groups is 18. The van der Waals surface area contributed by atoms with E-state index in [2.05, 4.69) is 192 Å². The van der Waals surface area contributed by atoms with Crippen LogP contribution in [0.3, 0.4) is 0 Å². The first kappa shape index (κ1) is 115. The SMILES string of the molecule is C=C(C)C(=O)CC(CC)(COC(=O)C(=C)C)COC(=O)C(=C)C.C=CC(=O)NCNC(=O)C=C.C=CC(=O)OC(=O)C=C.C=CC(=O)OCCOC(=O)C=C.C=CC(=O)OCCOC(=O)C=C.C=CC(=O)OCCOC(=O)C=C.C=CC(=O)OCCOC(=O)C=C.C=CC(=O)OCCOC(=O)C=C.C=CCOC(=O)C=C. The molecule has 2 amide bonds. The number of ketones is 1. The van der Waals surface area contributed by atoms with Crippen molar-refractivity contribution in [2.24, 2.45) is 5.41 Å². The molecular formula is C77H100N2O32. The molecule has 0 aliphatic heterocycles. The van der Waals surface area contributed by atoms with Crippen molar-refractivity contribution >= 4 is 107 Å². The first-order valence-corrected chi connectivity index (χ1v) is 31.3. The van der Waals surface area contributed by atoms with Crippen LogP contribution in [0.2, 0.25) is 0 Å². The third kappa shape index (κ3) is 90.1. The van der Waals surface area contributed by atoms with Gasteiger partial charge in [0.25, 0.3) is 0 Å². The number of amides is 2. The summed E-state index contributed by atoms with van der Waals surface area (Å²) in [5.74, 6) is -9.21. The van der Waals surface area contributed by atoms with Crippen LogP contribution in [0.4, 0.5) is 0 Å².